The molecule has 4 nitrogen and oxygen atoms in total. The van der Waals surface area contributed by atoms with E-state index in [9.17, 15) is 4.79 Å². The Bertz CT molecular complexity index is 639. The number of nitrogens with one attached hydrogen (secondary N) is 1. The molecule has 23 heavy (non-hydrogen) atoms. The van der Waals surface area contributed by atoms with Crippen molar-refractivity contribution in [2.75, 3.05) is 25.5 Å². The Hall–Kier alpha value is -2.36. The van der Waals surface area contributed by atoms with Crippen molar-refractivity contribution in [1.29, 1.82) is 0 Å². The van der Waals surface area contributed by atoms with Crippen LogP contribution < -0.4 is 5.32 Å². The third-order valence-electron chi connectivity index (χ3n) is 4.55. The number of pyridine rings is 1. The van der Waals surface area contributed by atoms with Crippen LogP contribution in [0.2, 0.25) is 0 Å². The lowest BCUT2D eigenvalue weighted by Crippen LogP contribution is -2.32. The van der Waals surface area contributed by atoms with Crippen molar-refractivity contribution in [3.05, 3.63) is 59.8 Å². The van der Waals surface area contributed by atoms with Gasteiger partial charge in [-0.05, 0) is 42.9 Å². The number of amides is 1. The zero-order valence-electron chi connectivity index (χ0n) is 13.5. The van der Waals surface area contributed by atoms with E-state index in [1.54, 1.807) is 6.20 Å². The molecule has 120 valence electrons. The molecule has 1 saturated heterocycles. The van der Waals surface area contributed by atoms with Crippen molar-refractivity contribution in [2.24, 2.45) is 0 Å². The van der Waals surface area contributed by atoms with Crippen LogP contribution in [0.4, 0.5) is 5.82 Å². The van der Waals surface area contributed by atoms with Gasteiger partial charge in [0.15, 0.2) is 0 Å². The van der Waals surface area contributed by atoms with Crippen molar-refractivity contribution in [1.82, 2.24) is 9.88 Å². The van der Waals surface area contributed by atoms with Gasteiger partial charge in [-0.3, -0.25) is 4.79 Å². The van der Waals surface area contributed by atoms with Crippen LogP contribution in [-0.4, -0.2) is 35.9 Å². The second kappa shape index (κ2) is 7.27. The number of aromatic nitrogens is 1. The van der Waals surface area contributed by atoms with Crippen molar-refractivity contribution in [3.63, 3.8) is 0 Å². The summed E-state index contributed by atoms with van der Waals surface area (Å²) >= 11 is 0. The quantitative estimate of drug-likeness (QED) is 0.943. The van der Waals surface area contributed by atoms with E-state index in [0.717, 1.165) is 38.2 Å². The SMILES string of the molecule is CNc1ccc(C(=O)N2CCCC(c3ccccc3)CC2)cn1. The zero-order chi connectivity index (χ0) is 16.1. The average molecular weight is 309 g/mol. The highest BCUT2D eigenvalue weighted by atomic mass is 16.2. The van der Waals surface area contributed by atoms with Crippen LogP contribution in [0.3, 0.4) is 0 Å². The van der Waals surface area contributed by atoms with E-state index in [0.29, 0.717) is 11.5 Å². The fourth-order valence-electron chi connectivity index (χ4n) is 3.21. The Labute approximate surface area is 137 Å². The summed E-state index contributed by atoms with van der Waals surface area (Å²) in [5, 5.41) is 2.97. The second-order valence-electron chi connectivity index (χ2n) is 6.01. The van der Waals surface area contributed by atoms with E-state index >= 15 is 0 Å². The number of anilines is 1. The molecule has 1 aliphatic rings. The highest BCUT2D eigenvalue weighted by Gasteiger charge is 2.22. The summed E-state index contributed by atoms with van der Waals surface area (Å²) in [5.74, 6) is 1.43. The predicted octanol–water partition coefficient (Wildman–Crippen LogP) is 3.53. The average Bonchev–Trinajstić information content (AvgIpc) is 2.88. The number of rotatable bonds is 3. The summed E-state index contributed by atoms with van der Waals surface area (Å²) in [7, 11) is 1.82. The van der Waals surface area contributed by atoms with Gasteiger partial charge in [0.2, 0.25) is 0 Å². The molecular weight excluding hydrogens is 286 g/mol. The van der Waals surface area contributed by atoms with Crippen LogP contribution >= 0.6 is 0 Å². The first-order valence-corrected chi connectivity index (χ1v) is 8.26. The van der Waals surface area contributed by atoms with E-state index in [4.69, 9.17) is 0 Å². The van der Waals surface area contributed by atoms with Gasteiger partial charge >= 0.3 is 0 Å². The lowest BCUT2D eigenvalue weighted by atomic mass is 9.92. The molecule has 1 aliphatic heterocycles. The van der Waals surface area contributed by atoms with Crippen molar-refractivity contribution in [3.8, 4) is 0 Å². The normalized spacial score (nSPS) is 18.3. The molecule has 1 fully saturated rings. The Balaban J connectivity index is 1.66. The molecule has 0 bridgehead atoms. The first kappa shape index (κ1) is 15.5. The molecule has 2 heterocycles. The van der Waals surface area contributed by atoms with Gasteiger partial charge in [-0.25, -0.2) is 4.98 Å². The van der Waals surface area contributed by atoms with Gasteiger partial charge < -0.3 is 10.2 Å². The Kier molecular flexibility index (Phi) is 4.91. The molecule has 4 heteroatoms. The summed E-state index contributed by atoms with van der Waals surface area (Å²) in [5.41, 5.74) is 2.06. The monoisotopic (exact) mass is 309 g/mol. The van der Waals surface area contributed by atoms with Gasteiger partial charge in [-0.1, -0.05) is 30.3 Å². The predicted molar refractivity (Wildman–Crippen MR) is 92.7 cm³/mol. The highest BCUT2D eigenvalue weighted by Crippen LogP contribution is 2.28. The molecule has 1 N–H and O–H groups in total. The molecule has 2 aromatic rings. The minimum atomic E-state index is 0.0915. The van der Waals surface area contributed by atoms with E-state index in [-0.39, 0.29) is 5.91 Å². The molecule has 1 unspecified atom stereocenters. The standard InChI is InChI=1S/C19H23N3O/c1-20-18-10-9-17(14-21-18)19(23)22-12-5-8-16(11-13-22)15-6-3-2-4-7-15/h2-4,6-7,9-10,14,16H,5,8,11-13H2,1H3,(H,20,21). The summed E-state index contributed by atoms with van der Waals surface area (Å²) in [6, 6.07) is 14.3. The maximum Gasteiger partial charge on any atom is 0.255 e. The van der Waals surface area contributed by atoms with Gasteiger partial charge in [0, 0.05) is 26.3 Å². The Morgan fingerprint density at radius 1 is 1.13 bits per heavy atom. The molecular formula is C19H23N3O. The number of benzene rings is 1. The molecule has 0 spiro atoms. The van der Waals surface area contributed by atoms with E-state index in [1.807, 2.05) is 24.1 Å². The maximum absolute atomic E-state index is 12.7. The lowest BCUT2D eigenvalue weighted by molar-refractivity contribution is 0.0760. The van der Waals surface area contributed by atoms with E-state index < -0.39 is 0 Å². The smallest absolute Gasteiger partial charge is 0.255 e. The van der Waals surface area contributed by atoms with Crippen LogP contribution in [0.15, 0.2) is 48.7 Å². The Morgan fingerprint density at radius 2 is 1.96 bits per heavy atom. The number of carbonyl (C=O) groups is 1. The van der Waals surface area contributed by atoms with Gasteiger partial charge in [0.05, 0.1) is 5.56 Å². The molecule has 0 saturated carbocycles. The fourth-order valence-corrected chi connectivity index (χ4v) is 3.21. The van der Waals surface area contributed by atoms with Gasteiger partial charge in [0.25, 0.3) is 5.91 Å². The summed E-state index contributed by atoms with van der Waals surface area (Å²) < 4.78 is 0. The lowest BCUT2D eigenvalue weighted by Gasteiger charge is -2.20. The van der Waals surface area contributed by atoms with Crippen LogP contribution in [-0.2, 0) is 0 Å². The van der Waals surface area contributed by atoms with E-state index in [2.05, 4.69) is 40.6 Å². The van der Waals surface area contributed by atoms with Gasteiger partial charge in [-0.15, -0.1) is 0 Å². The zero-order valence-corrected chi connectivity index (χ0v) is 13.5. The third-order valence-corrected chi connectivity index (χ3v) is 4.55. The third kappa shape index (κ3) is 3.70. The summed E-state index contributed by atoms with van der Waals surface area (Å²) in [6.45, 7) is 1.64. The fraction of sp³-hybridized carbons (Fsp3) is 0.368. The van der Waals surface area contributed by atoms with Crippen LogP contribution in [0, 0.1) is 0 Å². The molecule has 1 atom stereocenters. The van der Waals surface area contributed by atoms with Gasteiger partial charge in [-0.2, -0.15) is 0 Å². The van der Waals surface area contributed by atoms with Crippen LogP contribution in [0.5, 0.6) is 0 Å². The topological polar surface area (TPSA) is 45.2 Å². The van der Waals surface area contributed by atoms with Crippen molar-refractivity contribution in [2.45, 2.75) is 25.2 Å². The number of likely N-dealkylation sites (tertiary alicyclic amines) is 1. The first-order chi connectivity index (χ1) is 11.3. The molecule has 0 radical (unpaired) electrons. The molecule has 1 amide bonds. The van der Waals surface area contributed by atoms with E-state index in [1.165, 1.54) is 5.56 Å². The largest absolute Gasteiger partial charge is 0.373 e. The van der Waals surface area contributed by atoms with Gasteiger partial charge in [0.1, 0.15) is 5.82 Å². The number of hydrogen-bond donors (Lipinski definition) is 1. The molecule has 0 aliphatic carbocycles. The molecule has 1 aromatic heterocycles. The highest BCUT2D eigenvalue weighted by molar-refractivity contribution is 5.94. The minimum absolute atomic E-state index is 0.0915. The number of carbonyl (C=O) groups excluding carboxylic acids is 1. The summed E-state index contributed by atoms with van der Waals surface area (Å²) in [4.78, 5) is 18.9. The molecule has 3 rings (SSSR count). The number of nitrogens with zero attached hydrogens (tertiary/aromatic N) is 2. The van der Waals surface area contributed by atoms with Crippen LogP contribution in [0.25, 0.3) is 0 Å². The number of hydrogen-bond acceptors (Lipinski definition) is 3. The first-order valence-electron chi connectivity index (χ1n) is 8.26. The van der Waals surface area contributed by atoms with Crippen molar-refractivity contribution < 1.29 is 4.79 Å². The van der Waals surface area contributed by atoms with Crippen LogP contribution in [0.1, 0.15) is 41.1 Å². The summed E-state index contributed by atoms with van der Waals surface area (Å²) in [6.07, 6.45) is 4.88. The van der Waals surface area contributed by atoms with Crippen molar-refractivity contribution >= 4 is 11.7 Å². The second-order valence-corrected chi connectivity index (χ2v) is 6.01. The maximum atomic E-state index is 12.7. The molecule has 1 aromatic carbocycles. The Morgan fingerprint density at radius 3 is 2.65 bits per heavy atom. The minimum Gasteiger partial charge on any atom is -0.373 e.